The molecule has 68 valence electrons. The predicted octanol–water partition coefficient (Wildman–Crippen LogP) is 2.66. The van der Waals surface area contributed by atoms with Crippen molar-refractivity contribution in [2.75, 3.05) is 6.54 Å². The second-order valence-electron chi connectivity index (χ2n) is 2.43. The second-order valence-corrected chi connectivity index (χ2v) is 3.21. The molecule has 1 rings (SSSR count). The molecule has 0 amide bonds. The molecular weight excluding hydrogens is 180 g/mol. The summed E-state index contributed by atoms with van der Waals surface area (Å²) in [6.07, 6.45) is -2.33. The summed E-state index contributed by atoms with van der Waals surface area (Å²) in [5.74, 6) is 0. The van der Waals surface area contributed by atoms with Crippen molar-refractivity contribution >= 4 is 11.3 Å². The lowest BCUT2D eigenvalue weighted by atomic mass is 10.1. The van der Waals surface area contributed by atoms with E-state index < -0.39 is 12.5 Å². The average molecular weight is 191 g/mol. The van der Waals surface area contributed by atoms with Gasteiger partial charge in [0.1, 0.15) is 0 Å². The van der Waals surface area contributed by atoms with E-state index in [0.717, 1.165) is 0 Å². The molecule has 0 radical (unpaired) electrons. The molecule has 1 atom stereocenters. The molecule has 0 saturated carbocycles. The van der Waals surface area contributed by atoms with Crippen molar-refractivity contribution in [1.29, 1.82) is 0 Å². The lowest BCUT2D eigenvalue weighted by Crippen LogP contribution is -2.26. The fourth-order valence-electron chi connectivity index (χ4n) is 1.02. The second kappa shape index (κ2) is 4.52. The Morgan fingerprint density at radius 1 is 1.58 bits per heavy atom. The molecule has 0 aliphatic carbocycles. The first kappa shape index (κ1) is 9.61. The van der Waals surface area contributed by atoms with Crippen molar-refractivity contribution in [2.24, 2.45) is 0 Å². The quantitative estimate of drug-likeness (QED) is 0.771. The highest BCUT2D eigenvalue weighted by atomic mass is 32.1. The van der Waals surface area contributed by atoms with E-state index in [4.69, 9.17) is 0 Å². The van der Waals surface area contributed by atoms with Gasteiger partial charge in [-0.05, 0) is 28.9 Å². The highest BCUT2D eigenvalue weighted by Gasteiger charge is 2.20. The minimum atomic E-state index is -2.33. The Morgan fingerprint density at radius 3 is 2.75 bits per heavy atom. The van der Waals surface area contributed by atoms with Crippen molar-refractivity contribution in [3.05, 3.63) is 22.4 Å². The topological polar surface area (TPSA) is 12.0 Å². The fourth-order valence-corrected chi connectivity index (χ4v) is 1.72. The van der Waals surface area contributed by atoms with Crippen LogP contribution in [0, 0.1) is 0 Å². The van der Waals surface area contributed by atoms with Gasteiger partial charge >= 0.3 is 0 Å². The Balaban J connectivity index is 2.66. The largest absolute Gasteiger partial charge is 0.305 e. The summed E-state index contributed by atoms with van der Waals surface area (Å²) in [6.45, 7) is 2.38. The standard InChI is InChI=1S/C8H11F2NS/c1-2-11-7(8(9)10)6-3-4-12-5-6/h3-5,7-8,11H,2H2,1H3. The summed E-state index contributed by atoms with van der Waals surface area (Å²) in [4.78, 5) is 0. The zero-order valence-electron chi connectivity index (χ0n) is 6.76. The van der Waals surface area contributed by atoms with Gasteiger partial charge in [-0.1, -0.05) is 6.92 Å². The summed E-state index contributed by atoms with van der Waals surface area (Å²) in [6, 6.07) is 0.922. The molecule has 0 spiro atoms. The Hall–Kier alpha value is -0.480. The van der Waals surface area contributed by atoms with E-state index in [1.165, 1.54) is 11.3 Å². The molecule has 0 fully saturated rings. The third kappa shape index (κ3) is 2.25. The molecule has 0 aliphatic rings. The molecule has 4 heteroatoms. The van der Waals surface area contributed by atoms with Crippen molar-refractivity contribution in [2.45, 2.75) is 19.4 Å². The molecule has 1 heterocycles. The van der Waals surface area contributed by atoms with Gasteiger partial charge in [0, 0.05) is 0 Å². The number of alkyl halides is 2. The Morgan fingerprint density at radius 2 is 2.33 bits per heavy atom. The smallest absolute Gasteiger partial charge is 0.257 e. The van der Waals surface area contributed by atoms with Crippen LogP contribution < -0.4 is 5.32 Å². The van der Waals surface area contributed by atoms with Gasteiger partial charge in [-0.3, -0.25) is 0 Å². The maximum absolute atomic E-state index is 12.4. The number of halogens is 2. The van der Waals surface area contributed by atoms with Crippen LogP contribution in [0.3, 0.4) is 0 Å². The number of nitrogens with one attached hydrogen (secondary N) is 1. The van der Waals surface area contributed by atoms with Gasteiger partial charge in [0.15, 0.2) is 0 Å². The van der Waals surface area contributed by atoms with Gasteiger partial charge in [0.2, 0.25) is 0 Å². The molecule has 12 heavy (non-hydrogen) atoms. The highest BCUT2D eigenvalue weighted by molar-refractivity contribution is 7.07. The SMILES string of the molecule is CCNC(c1ccsc1)C(F)F. The minimum Gasteiger partial charge on any atom is -0.305 e. The van der Waals surface area contributed by atoms with E-state index in [2.05, 4.69) is 5.32 Å². The minimum absolute atomic E-state index is 0.560. The molecule has 0 aromatic carbocycles. The van der Waals surface area contributed by atoms with Crippen LogP contribution in [0.25, 0.3) is 0 Å². The van der Waals surface area contributed by atoms with Crippen LogP contribution >= 0.6 is 11.3 Å². The van der Waals surface area contributed by atoms with Crippen LogP contribution in [0.15, 0.2) is 16.8 Å². The van der Waals surface area contributed by atoms with E-state index in [0.29, 0.717) is 12.1 Å². The zero-order chi connectivity index (χ0) is 8.97. The molecule has 0 saturated heterocycles. The predicted molar refractivity (Wildman–Crippen MR) is 46.7 cm³/mol. The first-order chi connectivity index (χ1) is 5.75. The average Bonchev–Trinajstić information content (AvgIpc) is 2.51. The Bertz CT molecular complexity index is 211. The maximum Gasteiger partial charge on any atom is 0.257 e. The van der Waals surface area contributed by atoms with E-state index in [9.17, 15) is 8.78 Å². The summed E-state index contributed by atoms with van der Waals surface area (Å²) >= 11 is 1.44. The van der Waals surface area contributed by atoms with Crippen molar-refractivity contribution in [3.8, 4) is 0 Å². The zero-order valence-corrected chi connectivity index (χ0v) is 7.57. The highest BCUT2D eigenvalue weighted by Crippen LogP contribution is 2.22. The van der Waals surface area contributed by atoms with Crippen LogP contribution in [0.4, 0.5) is 8.78 Å². The Kier molecular flexibility index (Phi) is 3.62. The van der Waals surface area contributed by atoms with E-state index in [-0.39, 0.29) is 0 Å². The van der Waals surface area contributed by atoms with E-state index >= 15 is 0 Å². The third-order valence-electron chi connectivity index (χ3n) is 1.58. The van der Waals surface area contributed by atoms with Crippen molar-refractivity contribution < 1.29 is 8.78 Å². The normalized spacial score (nSPS) is 13.7. The summed E-state index contributed by atoms with van der Waals surface area (Å²) in [5.41, 5.74) is 0.678. The summed E-state index contributed by atoms with van der Waals surface area (Å²) in [5, 5.41) is 6.30. The van der Waals surface area contributed by atoms with E-state index in [1.807, 2.05) is 12.3 Å². The molecule has 1 unspecified atom stereocenters. The van der Waals surface area contributed by atoms with Gasteiger partial charge < -0.3 is 5.32 Å². The van der Waals surface area contributed by atoms with Crippen molar-refractivity contribution in [1.82, 2.24) is 5.32 Å². The van der Waals surface area contributed by atoms with Gasteiger partial charge in [-0.15, -0.1) is 0 Å². The van der Waals surface area contributed by atoms with E-state index in [1.54, 1.807) is 11.4 Å². The number of hydrogen-bond donors (Lipinski definition) is 1. The maximum atomic E-state index is 12.4. The monoisotopic (exact) mass is 191 g/mol. The fraction of sp³-hybridized carbons (Fsp3) is 0.500. The van der Waals surface area contributed by atoms with Crippen LogP contribution in [0.5, 0.6) is 0 Å². The molecule has 1 nitrogen and oxygen atoms in total. The van der Waals surface area contributed by atoms with Gasteiger partial charge in [0.25, 0.3) is 6.43 Å². The molecule has 0 bridgehead atoms. The van der Waals surface area contributed by atoms with Crippen LogP contribution in [0.2, 0.25) is 0 Å². The number of hydrogen-bond acceptors (Lipinski definition) is 2. The molecule has 1 aromatic rings. The third-order valence-corrected chi connectivity index (χ3v) is 2.28. The van der Waals surface area contributed by atoms with Crippen LogP contribution in [0.1, 0.15) is 18.5 Å². The van der Waals surface area contributed by atoms with Gasteiger partial charge in [0.05, 0.1) is 6.04 Å². The molecule has 1 N–H and O–H groups in total. The molecule has 1 aromatic heterocycles. The Labute approximate surface area is 74.4 Å². The van der Waals surface area contributed by atoms with Gasteiger partial charge in [-0.25, -0.2) is 8.78 Å². The number of rotatable bonds is 4. The summed E-state index contributed by atoms with van der Waals surface area (Å²) in [7, 11) is 0. The lowest BCUT2D eigenvalue weighted by Gasteiger charge is -2.14. The first-order valence-electron chi connectivity index (χ1n) is 3.79. The molecule has 0 aliphatic heterocycles. The summed E-state index contributed by atoms with van der Waals surface area (Å²) < 4.78 is 24.8. The molecular formula is C8H11F2NS. The number of thiophene rings is 1. The van der Waals surface area contributed by atoms with Crippen molar-refractivity contribution in [3.63, 3.8) is 0 Å². The van der Waals surface area contributed by atoms with Crippen LogP contribution in [-0.2, 0) is 0 Å². The van der Waals surface area contributed by atoms with Gasteiger partial charge in [-0.2, -0.15) is 11.3 Å². The van der Waals surface area contributed by atoms with Crippen LogP contribution in [-0.4, -0.2) is 13.0 Å². The first-order valence-corrected chi connectivity index (χ1v) is 4.73. The lowest BCUT2D eigenvalue weighted by molar-refractivity contribution is 0.0995.